The van der Waals surface area contributed by atoms with Crippen molar-refractivity contribution in [2.45, 2.75) is 32.1 Å². The van der Waals surface area contributed by atoms with Crippen molar-refractivity contribution < 1.29 is 17.9 Å². The highest BCUT2D eigenvalue weighted by atomic mass is 32.2. The molecule has 0 aromatic heterocycles. The van der Waals surface area contributed by atoms with Gasteiger partial charge in [-0.25, -0.2) is 13.1 Å². The van der Waals surface area contributed by atoms with Gasteiger partial charge in [0.25, 0.3) is 0 Å². The average molecular weight is 261 g/mol. The van der Waals surface area contributed by atoms with Gasteiger partial charge in [-0.05, 0) is 19.3 Å². The third kappa shape index (κ3) is 9.85. The molecule has 0 spiro atoms. The van der Waals surface area contributed by atoms with Crippen molar-refractivity contribution in [1.29, 1.82) is 0 Å². The number of hydrogen-bond acceptors (Lipinski definition) is 4. The highest BCUT2D eigenvalue weighted by Gasteiger charge is 2.10. The molecule has 0 radical (unpaired) electrons. The van der Waals surface area contributed by atoms with E-state index in [0.29, 0.717) is 13.0 Å². The summed E-state index contributed by atoms with van der Waals surface area (Å²) in [5, 5.41) is 0. The van der Waals surface area contributed by atoms with Gasteiger partial charge in [0.15, 0.2) is 0 Å². The zero-order valence-electron chi connectivity index (χ0n) is 10.1. The lowest BCUT2D eigenvalue weighted by atomic mass is 10.2. The van der Waals surface area contributed by atoms with Crippen LogP contribution in [0.25, 0.3) is 0 Å². The van der Waals surface area contributed by atoms with Crippen molar-refractivity contribution in [3.05, 3.63) is 0 Å². The summed E-state index contributed by atoms with van der Waals surface area (Å²) in [7, 11) is -2.00. The van der Waals surface area contributed by atoms with E-state index in [2.05, 4.69) is 15.4 Å². The number of esters is 1. The lowest BCUT2D eigenvalue weighted by Crippen LogP contribution is -2.27. The first-order valence-corrected chi connectivity index (χ1v) is 7.14. The van der Waals surface area contributed by atoms with E-state index in [4.69, 9.17) is 6.42 Å². The number of sulfonamides is 1. The number of terminal acetylenes is 1. The summed E-state index contributed by atoms with van der Waals surface area (Å²) >= 11 is 0. The number of carbonyl (C=O) groups excluding carboxylic acids is 1. The van der Waals surface area contributed by atoms with Crippen LogP contribution in [0, 0.1) is 12.3 Å². The number of hydrogen-bond donors (Lipinski definition) is 1. The normalized spacial score (nSPS) is 10.8. The summed E-state index contributed by atoms with van der Waals surface area (Å²) in [4.78, 5) is 10.8. The first-order chi connectivity index (χ1) is 8.02. The van der Waals surface area contributed by atoms with E-state index in [1.165, 1.54) is 7.11 Å². The molecular weight excluding hydrogens is 242 g/mol. The lowest BCUT2D eigenvalue weighted by molar-refractivity contribution is -0.140. The van der Waals surface area contributed by atoms with Crippen molar-refractivity contribution in [2.24, 2.45) is 0 Å². The fourth-order valence-corrected chi connectivity index (χ4v) is 2.28. The van der Waals surface area contributed by atoms with Crippen molar-refractivity contribution >= 4 is 16.0 Å². The van der Waals surface area contributed by atoms with Gasteiger partial charge in [0, 0.05) is 19.4 Å². The number of ether oxygens (including phenoxy) is 1. The minimum Gasteiger partial charge on any atom is -0.469 e. The van der Waals surface area contributed by atoms with Gasteiger partial charge in [0.1, 0.15) is 0 Å². The van der Waals surface area contributed by atoms with E-state index < -0.39 is 16.0 Å². The molecule has 0 bridgehead atoms. The van der Waals surface area contributed by atoms with Crippen LogP contribution in [0.3, 0.4) is 0 Å². The van der Waals surface area contributed by atoms with E-state index in [1.807, 2.05) is 0 Å². The Morgan fingerprint density at radius 3 is 2.65 bits per heavy atom. The summed E-state index contributed by atoms with van der Waals surface area (Å²) in [5.74, 6) is 2.04. The van der Waals surface area contributed by atoms with Crippen LogP contribution in [0.5, 0.6) is 0 Å². The molecule has 98 valence electrons. The van der Waals surface area contributed by atoms with Crippen LogP contribution in [0.1, 0.15) is 32.1 Å². The quantitative estimate of drug-likeness (QED) is 0.376. The molecule has 0 rings (SSSR count). The topological polar surface area (TPSA) is 72.5 Å². The van der Waals surface area contributed by atoms with Gasteiger partial charge in [-0.3, -0.25) is 4.79 Å². The maximum Gasteiger partial charge on any atom is 0.305 e. The Kier molecular flexibility index (Phi) is 8.46. The van der Waals surface area contributed by atoms with Gasteiger partial charge in [-0.1, -0.05) is 0 Å². The number of methoxy groups -OCH3 is 1. The van der Waals surface area contributed by atoms with Crippen molar-refractivity contribution in [3.8, 4) is 12.3 Å². The summed E-state index contributed by atoms with van der Waals surface area (Å²) in [6, 6.07) is 0. The smallest absolute Gasteiger partial charge is 0.305 e. The Hall–Kier alpha value is -1.06. The maximum absolute atomic E-state index is 11.4. The molecule has 0 saturated heterocycles. The monoisotopic (exact) mass is 261 g/mol. The predicted molar refractivity (Wildman–Crippen MR) is 65.7 cm³/mol. The molecule has 6 heteroatoms. The van der Waals surface area contributed by atoms with Gasteiger partial charge >= 0.3 is 5.97 Å². The lowest BCUT2D eigenvalue weighted by Gasteiger charge is -2.05. The van der Waals surface area contributed by atoms with Gasteiger partial charge in [-0.2, -0.15) is 0 Å². The van der Waals surface area contributed by atoms with Gasteiger partial charge in [-0.15, -0.1) is 12.3 Å². The molecule has 0 aromatic rings. The molecule has 0 aliphatic heterocycles. The molecule has 0 fully saturated rings. The Balaban J connectivity index is 3.67. The van der Waals surface area contributed by atoms with Crippen LogP contribution in [-0.2, 0) is 19.6 Å². The van der Waals surface area contributed by atoms with E-state index in [0.717, 1.165) is 12.8 Å². The molecule has 0 atom stereocenters. The Morgan fingerprint density at radius 2 is 2.06 bits per heavy atom. The molecule has 0 aliphatic carbocycles. The summed E-state index contributed by atoms with van der Waals surface area (Å²) in [5.41, 5.74) is 0. The zero-order chi connectivity index (χ0) is 13.1. The summed E-state index contributed by atoms with van der Waals surface area (Å²) in [6.07, 6.45) is 7.65. The van der Waals surface area contributed by atoms with Crippen LogP contribution < -0.4 is 4.72 Å². The summed E-state index contributed by atoms with van der Waals surface area (Å²) < 4.78 is 29.7. The first kappa shape index (κ1) is 15.9. The molecule has 1 N–H and O–H groups in total. The SMILES string of the molecule is C#CCCCCNS(=O)(=O)CCCC(=O)OC. The van der Waals surface area contributed by atoms with Crippen LogP contribution in [0.15, 0.2) is 0 Å². The Labute approximate surface area is 103 Å². The molecule has 0 aliphatic rings. The Morgan fingerprint density at radius 1 is 1.35 bits per heavy atom. The second kappa shape index (κ2) is 9.02. The summed E-state index contributed by atoms with van der Waals surface area (Å²) in [6.45, 7) is 0.391. The van der Waals surface area contributed by atoms with Crippen molar-refractivity contribution in [3.63, 3.8) is 0 Å². The van der Waals surface area contributed by atoms with E-state index in [9.17, 15) is 13.2 Å². The van der Waals surface area contributed by atoms with Gasteiger partial charge < -0.3 is 4.74 Å². The minimum absolute atomic E-state index is 0.0583. The Bertz CT molecular complexity index is 356. The van der Waals surface area contributed by atoms with Crippen molar-refractivity contribution in [2.75, 3.05) is 19.4 Å². The molecule has 5 nitrogen and oxygen atoms in total. The molecular formula is C11H19NO4S. The van der Waals surface area contributed by atoms with Crippen LogP contribution >= 0.6 is 0 Å². The predicted octanol–water partition coefficient (Wildman–Crippen LogP) is 0.662. The second-order valence-electron chi connectivity index (χ2n) is 3.55. The van der Waals surface area contributed by atoms with Gasteiger partial charge in [0.05, 0.1) is 12.9 Å². The van der Waals surface area contributed by atoms with E-state index >= 15 is 0 Å². The third-order valence-corrected chi connectivity index (χ3v) is 3.56. The second-order valence-corrected chi connectivity index (χ2v) is 5.48. The average Bonchev–Trinajstić information content (AvgIpc) is 2.28. The fraction of sp³-hybridized carbons (Fsp3) is 0.727. The third-order valence-electron chi connectivity index (χ3n) is 2.09. The molecule has 17 heavy (non-hydrogen) atoms. The van der Waals surface area contributed by atoms with Crippen LogP contribution in [0.2, 0.25) is 0 Å². The van der Waals surface area contributed by atoms with E-state index in [1.54, 1.807) is 0 Å². The molecule has 0 heterocycles. The van der Waals surface area contributed by atoms with E-state index in [-0.39, 0.29) is 18.6 Å². The van der Waals surface area contributed by atoms with Crippen molar-refractivity contribution in [1.82, 2.24) is 4.72 Å². The number of carbonyl (C=O) groups is 1. The maximum atomic E-state index is 11.4. The van der Waals surface area contributed by atoms with Crippen LogP contribution in [-0.4, -0.2) is 33.8 Å². The van der Waals surface area contributed by atoms with Gasteiger partial charge in [0.2, 0.25) is 10.0 Å². The molecule has 0 saturated carbocycles. The largest absolute Gasteiger partial charge is 0.469 e. The number of nitrogens with one attached hydrogen (secondary N) is 1. The first-order valence-electron chi connectivity index (χ1n) is 5.49. The minimum atomic E-state index is -3.28. The molecule has 0 amide bonds. The zero-order valence-corrected chi connectivity index (χ0v) is 10.9. The highest BCUT2D eigenvalue weighted by molar-refractivity contribution is 7.89. The van der Waals surface area contributed by atoms with Crippen LogP contribution in [0.4, 0.5) is 0 Å². The molecule has 0 aromatic carbocycles. The number of rotatable bonds is 9. The fourth-order valence-electron chi connectivity index (χ4n) is 1.16. The standard InChI is InChI=1S/C11H19NO4S/c1-3-4-5-6-9-12-17(14,15)10-7-8-11(13)16-2/h1,12H,4-10H2,2H3. The number of unbranched alkanes of at least 4 members (excludes halogenated alkanes) is 2. The highest BCUT2D eigenvalue weighted by Crippen LogP contribution is 1.98. The molecule has 0 unspecified atom stereocenters.